The lowest BCUT2D eigenvalue weighted by Crippen LogP contribution is -2.46. The number of rotatable bonds is 9. The molecule has 0 unspecified atom stereocenters. The Morgan fingerprint density at radius 3 is 2.50 bits per heavy atom. The number of hydrogen-bond donors (Lipinski definition) is 2. The fraction of sp³-hybridized carbons (Fsp3) is 0.789. The van der Waals surface area contributed by atoms with Crippen molar-refractivity contribution in [2.45, 2.75) is 58.9 Å². The van der Waals surface area contributed by atoms with Crippen LogP contribution in [0, 0.1) is 5.41 Å². The van der Waals surface area contributed by atoms with E-state index in [-0.39, 0.29) is 24.0 Å². The molecule has 0 radical (unpaired) electrons. The molecule has 0 bridgehead atoms. The van der Waals surface area contributed by atoms with Crippen molar-refractivity contribution in [3.05, 3.63) is 17.0 Å². The third-order valence-corrected chi connectivity index (χ3v) is 5.57. The lowest BCUT2D eigenvalue weighted by Gasteiger charge is -2.42. The second kappa shape index (κ2) is 11.1. The minimum absolute atomic E-state index is 0. The van der Waals surface area contributed by atoms with Crippen molar-refractivity contribution in [2.75, 3.05) is 27.3 Å². The number of guanidine groups is 1. The van der Waals surface area contributed by atoms with Crippen LogP contribution in [0.3, 0.4) is 0 Å². The van der Waals surface area contributed by atoms with Crippen LogP contribution in [-0.4, -0.2) is 43.0 Å². The predicted molar refractivity (Wildman–Crippen MR) is 118 cm³/mol. The first-order valence-electron chi connectivity index (χ1n) is 9.56. The van der Waals surface area contributed by atoms with Crippen LogP contribution in [0.25, 0.3) is 0 Å². The molecule has 1 fully saturated rings. The van der Waals surface area contributed by atoms with Gasteiger partial charge in [-0.05, 0) is 37.5 Å². The van der Waals surface area contributed by atoms with Gasteiger partial charge < -0.3 is 15.4 Å². The third-order valence-electron chi connectivity index (χ3n) is 5.57. The third kappa shape index (κ3) is 5.58. The fourth-order valence-corrected chi connectivity index (χ4v) is 3.77. The summed E-state index contributed by atoms with van der Waals surface area (Å²) in [6.07, 6.45) is 6.96. The first-order chi connectivity index (χ1) is 12.1. The van der Waals surface area contributed by atoms with Crippen molar-refractivity contribution in [1.29, 1.82) is 0 Å². The average Bonchev–Trinajstić information content (AvgIpc) is 2.90. The normalized spacial score (nSPS) is 16.0. The highest BCUT2D eigenvalue weighted by Gasteiger charge is 2.36. The SMILES string of the molecule is CCc1nn(C)c(CC)c1CNC(=NC)NCC1(CCOC)CCC1.I. The molecule has 0 aliphatic heterocycles. The summed E-state index contributed by atoms with van der Waals surface area (Å²) in [7, 11) is 5.65. The summed E-state index contributed by atoms with van der Waals surface area (Å²) in [4.78, 5) is 4.40. The number of nitrogens with one attached hydrogen (secondary N) is 2. The maximum Gasteiger partial charge on any atom is 0.191 e. The van der Waals surface area contributed by atoms with Gasteiger partial charge >= 0.3 is 0 Å². The molecule has 26 heavy (non-hydrogen) atoms. The number of methoxy groups -OCH3 is 1. The minimum Gasteiger partial charge on any atom is -0.385 e. The Kier molecular flexibility index (Phi) is 9.92. The zero-order valence-electron chi connectivity index (χ0n) is 17.0. The summed E-state index contributed by atoms with van der Waals surface area (Å²) in [6, 6.07) is 0. The van der Waals surface area contributed by atoms with Gasteiger partial charge in [-0.2, -0.15) is 5.10 Å². The molecule has 0 atom stereocenters. The lowest BCUT2D eigenvalue weighted by molar-refractivity contribution is 0.0732. The van der Waals surface area contributed by atoms with Crippen molar-refractivity contribution >= 4 is 29.9 Å². The van der Waals surface area contributed by atoms with Crippen LogP contribution >= 0.6 is 24.0 Å². The van der Waals surface area contributed by atoms with E-state index >= 15 is 0 Å². The van der Waals surface area contributed by atoms with Crippen molar-refractivity contribution in [3.8, 4) is 0 Å². The molecule has 0 aromatic carbocycles. The standard InChI is InChI=1S/C19H35N5O.HI/c1-6-16-15(17(7-2)24(4)23-16)13-21-18(20-3)22-14-19(9-8-10-19)11-12-25-5;/h6-14H2,1-5H3,(H2,20,21,22);1H. The van der Waals surface area contributed by atoms with E-state index in [1.807, 2.05) is 18.8 Å². The number of halogens is 1. The summed E-state index contributed by atoms with van der Waals surface area (Å²) in [5.74, 6) is 0.872. The zero-order valence-corrected chi connectivity index (χ0v) is 19.4. The molecular formula is C19H36IN5O. The van der Waals surface area contributed by atoms with Crippen LogP contribution in [0.2, 0.25) is 0 Å². The first kappa shape index (κ1) is 23.2. The largest absolute Gasteiger partial charge is 0.385 e. The summed E-state index contributed by atoms with van der Waals surface area (Å²) in [6.45, 7) is 6.91. The van der Waals surface area contributed by atoms with E-state index < -0.39 is 0 Å². The summed E-state index contributed by atoms with van der Waals surface area (Å²) < 4.78 is 7.30. The van der Waals surface area contributed by atoms with Gasteiger partial charge in [-0.25, -0.2) is 0 Å². The minimum atomic E-state index is 0. The second-order valence-corrected chi connectivity index (χ2v) is 7.08. The highest BCUT2D eigenvalue weighted by atomic mass is 127. The van der Waals surface area contributed by atoms with E-state index in [2.05, 4.69) is 34.6 Å². The van der Waals surface area contributed by atoms with E-state index in [0.717, 1.165) is 44.9 Å². The van der Waals surface area contributed by atoms with Crippen molar-refractivity contribution in [1.82, 2.24) is 20.4 Å². The molecule has 1 aromatic heterocycles. The lowest BCUT2D eigenvalue weighted by atomic mass is 9.67. The van der Waals surface area contributed by atoms with Crippen molar-refractivity contribution < 1.29 is 4.74 Å². The van der Waals surface area contributed by atoms with E-state index in [0.29, 0.717) is 5.41 Å². The van der Waals surface area contributed by atoms with Gasteiger partial charge in [0.15, 0.2) is 5.96 Å². The van der Waals surface area contributed by atoms with Crippen LogP contribution in [0.5, 0.6) is 0 Å². The number of hydrogen-bond acceptors (Lipinski definition) is 3. The number of aromatic nitrogens is 2. The molecule has 2 N–H and O–H groups in total. The van der Waals surface area contributed by atoms with E-state index in [9.17, 15) is 0 Å². The number of aryl methyl sites for hydroxylation is 2. The Morgan fingerprint density at radius 1 is 1.27 bits per heavy atom. The van der Waals surface area contributed by atoms with Crippen LogP contribution in [0.15, 0.2) is 4.99 Å². The number of ether oxygens (including phenoxy) is 1. The van der Waals surface area contributed by atoms with Gasteiger partial charge in [-0.1, -0.05) is 20.3 Å². The van der Waals surface area contributed by atoms with Crippen molar-refractivity contribution in [2.24, 2.45) is 17.5 Å². The molecule has 1 aromatic rings. The number of nitrogens with zero attached hydrogens (tertiary/aromatic N) is 3. The van der Waals surface area contributed by atoms with E-state index in [1.54, 1.807) is 7.11 Å². The summed E-state index contributed by atoms with van der Waals surface area (Å²) in [5, 5.41) is 11.7. The molecule has 1 aliphatic rings. The van der Waals surface area contributed by atoms with Gasteiger partial charge in [-0.15, -0.1) is 24.0 Å². The maximum absolute atomic E-state index is 5.28. The first-order valence-corrected chi connectivity index (χ1v) is 9.56. The van der Waals surface area contributed by atoms with Gasteiger partial charge in [0.25, 0.3) is 0 Å². The molecule has 150 valence electrons. The predicted octanol–water partition coefficient (Wildman–Crippen LogP) is 3.03. The monoisotopic (exact) mass is 477 g/mol. The van der Waals surface area contributed by atoms with Crippen molar-refractivity contribution in [3.63, 3.8) is 0 Å². The Hall–Kier alpha value is -0.830. The molecule has 2 rings (SSSR count). The van der Waals surface area contributed by atoms with Gasteiger partial charge in [-0.3, -0.25) is 9.67 Å². The van der Waals surface area contributed by atoms with E-state index in [1.165, 1.54) is 36.2 Å². The summed E-state index contributed by atoms with van der Waals surface area (Å²) in [5.41, 5.74) is 4.17. The van der Waals surface area contributed by atoms with Gasteiger partial charge in [0.05, 0.1) is 5.69 Å². The molecule has 1 saturated carbocycles. The smallest absolute Gasteiger partial charge is 0.191 e. The molecule has 6 nitrogen and oxygen atoms in total. The van der Waals surface area contributed by atoms with Crippen LogP contribution < -0.4 is 10.6 Å². The Labute approximate surface area is 175 Å². The second-order valence-electron chi connectivity index (χ2n) is 7.08. The van der Waals surface area contributed by atoms with Gasteiger partial charge in [0.1, 0.15) is 0 Å². The molecular weight excluding hydrogens is 441 g/mol. The number of aliphatic imine (C=N–C) groups is 1. The zero-order chi connectivity index (χ0) is 18.3. The molecule has 0 spiro atoms. The van der Waals surface area contributed by atoms with Gasteiger partial charge in [0, 0.05) is 52.2 Å². The van der Waals surface area contributed by atoms with E-state index in [4.69, 9.17) is 4.74 Å². The van der Waals surface area contributed by atoms with Crippen LogP contribution in [0.1, 0.15) is 56.5 Å². The molecule has 0 saturated heterocycles. The molecule has 7 heteroatoms. The fourth-order valence-electron chi connectivity index (χ4n) is 3.77. The molecule has 1 aliphatic carbocycles. The highest BCUT2D eigenvalue weighted by molar-refractivity contribution is 14.0. The average molecular weight is 477 g/mol. The molecule has 1 heterocycles. The summed E-state index contributed by atoms with van der Waals surface area (Å²) >= 11 is 0. The van der Waals surface area contributed by atoms with Crippen LogP contribution in [-0.2, 0) is 31.2 Å². The molecule has 0 amide bonds. The topological polar surface area (TPSA) is 63.5 Å². The Morgan fingerprint density at radius 2 is 2.00 bits per heavy atom. The Bertz CT molecular complexity index is 581. The quantitative estimate of drug-likeness (QED) is 0.326. The van der Waals surface area contributed by atoms with Crippen LogP contribution in [0.4, 0.5) is 0 Å². The highest BCUT2D eigenvalue weighted by Crippen LogP contribution is 2.43. The Balaban J connectivity index is 0.00000338. The maximum atomic E-state index is 5.28. The van der Waals surface area contributed by atoms with Gasteiger partial charge in [0.2, 0.25) is 0 Å².